The second-order valence-corrected chi connectivity index (χ2v) is 10.8. The van der Waals surface area contributed by atoms with Crippen LogP contribution in [0.15, 0.2) is 28.9 Å². The highest BCUT2D eigenvalue weighted by atomic mass is 35.5. The van der Waals surface area contributed by atoms with E-state index in [2.05, 4.69) is 9.97 Å². The third kappa shape index (κ3) is 4.57. The Labute approximate surface area is 165 Å². The Bertz CT molecular complexity index is 887. The first-order valence-corrected chi connectivity index (χ1v) is 12.1. The van der Waals surface area contributed by atoms with Gasteiger partial charge in [0.15, 0.2) is 20.7 Å². The minimum absolute atomic E-state index is 0.0244. The lowest BCUT2D eigenvalue weighted by Gasteiger charge is -2.28. The number of halogens is 1. The van der Waals surface area contributed by atoms with Crippen LogP contribution in [-0.4, -0.2) is 52.5 Å². The lowest BCUT2D eigenvalue weighted by atomic mass is 10.2. The smallest absolute Gasteiger partial charge is 0.274 e. The van der Waals surface area contributed by atoms with E-state index in [9.17, 15) is 13.2 Å². The van der Waals surface area contributed by atoms with Crippen molar-refractivity contribution in [1.82, 2.24) is 14.9 Å². The number of nitrogens with zero attached hydrogens (tertiary/aromatic N) is 3. The van der Waals surface area contributed by atoms with Crippen LogP contribution in [0.5, 0.6) is 0 Å². The van der Waals surface area contributed by atoms with Crippen molar-refractivity contribution in [3.8, 4) is 0 Å². The molecule has 1 aliphatic rings. The molecule has 1 amide bonds. The zero-order chi connectivity index (χ0) is 18.7. The number of hydrogen-bond acceptors (Lipinski definition) is 7. The van der Waals surface area contributed by atoms with E-state index >= 15 is 0 Å². The molecule has 2 aromatic rings. The zero-order valence-corrected chi connectivity index (χ0v) is 17.3. The highest BCUT2D eigenvalue weighted by Crippen LogP contribution is 2.26. The van der Waals surface area contributed by atoms with Crippen LogP contribution in [0.3, 0.4) is 0 Å². The topological polar surface area (TPSA) is 80.2 Å². The van der Waals surface area contributed by atoms with E-state index in [0.29, 0.717) is 18.1 Å². The Morgan fingerprint density at radius 1 is 1.50 bits per heavy atom. The van der Waals surface area contributed by atoms with Gasteiger partial charge < -0.3 is 4.90 Å². The average Bonchev–Trinajstić information content (AvgIpc) is 3.23. The van der Waals surface area contributed by atoms with Gasteiger partial charge in [-0.1, -0.05) is 36.4 Å². The molecule has 1 atom stereocenters. The van der Waals surface area contributed by atoms with Gasteiger partial charge in [-0.25, -0.2) is 18.4 Å². The SMILES string of the molecule is CCSc1ncc(Cl)c(C(=O)N(Cc2cccs2)[C@H]2CCS(=O)(=O)C2)n1. The maximum atomic E-state index is 13.2. The highest BCUT2D eigenvalue weighted by molar-refractivity contribution is 7.99. The molecule has 10 heteroatoms. The van der Waals surface area contributed by atoms with Crippen LogP contribution in [0.4, 0.5) is 0 Å². The van der Waals surface area contributed by atoms with E-state index in [0.717, 1.165) is 10.6 Å². The van der Waals surface area contributed by atoms with E-state index in [1.165, 1.54) is 29.3 Å². The van der Waals surface area contributed by atoms with Crippen LogP contribution in [0, 0.1) is 0 Å². The predicted molar refractivity (Wildman–Crippen MR) is 105 cm³/mol. The minimum Gasteiger partial charge on any atom is -0.328 e. The van der Waals surface area contributed by atoms with Crippen molar-refractivity contribution in [2.24, 2.45) is 0 Å². The summed E-state index contributed by atoms with van der Waals surface area (Å²) in [4.78, 5) is 24.2. The van der Waals surface area contributed by atoms with Crippen LogP contribution < -0.4 is 0 Å². The van der Waals surface area contributed by atoms with Gasteiger partial charge in [0.05, 0.1) is 29.3 Å². The second kappa shape index (κ2) is 8.24. The molecule has 1 aliphatic heterocycles. The van der Waals surface area contributed by atoms with Gasteiger partial charge in [-0.2, -0.15) is 0 Å². The van der Waals surface area contributed by atoms with Gasteiger partial charge in [0.25, 0.3) is 5.91 Å². The molecule has 1 saturated heterocycles. The molecule has 0 bridgehead atoms. The summed E-state index contributed by atoms with van der Waals surface area (Å²) >= 11 is 9.13. The van der Waals surface area contributed by atoms with E-state index < -0.39 is 9.84 Å². The number of rotatable bonds is 6. The van der Waals surface area contributed by atoms with Gasteiger partial charge >= 0.3 is 0 Å². The number of carbonyl (C=O) groups excluding carboxylic acids is 1. The maximum absolute atomic E-state index is 13.2. The molecule has 2 aromatic heterocycles. The predicted octanol–water partition coefficient (Wildman–Crippen LogP) is 3.13. The molecule has 0 unspecified atom stereocenters. The van der Waals surface area contributed by atoms with Crippen LogP contribution in [0.25, 0.3) is 0 Å². The van der Waals surface area contributed by atoms with E-state index in [-0.39, 0.29) is 34.2 Å². The van der Waals surface area contributed by atoms with Crippen molar-refractivity contribution < 1.29 is 13.2 Å². The van der Waals surface area contributed by atoms with E-state index in [4.69, 9.17) is 11.6 Å². The summed E-state index contributed by atoms with van der Waals surface area (Å²) in [5.74, 6) is 0.490. The number of amides is 1. The first kappa shape index (κ1) is 19.6. The van der Waals surface area contributed by atoms with Crippen molar-refractivity contribution in [1.29, 1.82) is 0 Å². The van der Waals surface area contributed by atoms with Gasteiger partial charge in [-0.15, -0.1) is 11.3 Å². The summed E-state index contributed by atoms with van der Waals surface area (Å²) in [5.41, 5.74) is 0.124. The summed E-state index contributed by atoms with van der Waals surface area (Å²) in [7, 11) is -3.12. The Hall–Kier alpha value is -1.16. The fourth-order valence-corrected chi connectivity index (χ4v) is 5.94. The lowest BCUT2D eigenvalue weighted by Crippen LogP contribution is -2.41. The molecule has 140 valence electrons. The van der Waals surface area contributed by atoms with Crippen LogP contribution >= 0.6 is 34.7 Å². The quantitative estimate of drug-likeness (QED) is 0.516. The van der Waals surface area contributed by atoms with Crippen LogP contribution in [0.1, 0.15) is 28.7 Å². The number of thiophene rings is 1. The van der Waals surface area contributed by atoms with Gasteiger partial charge in [0, 0.05) is 10.9 Å². The third-order valence-electron chi connectivity index (χ3n) is 4.01. The summed E-state index contributed by atoms with van der Waals surface area (Å²) < 4.78 is 23.8. The van der Waals surface area contributed by atoms with Crippen LogP contribution in [-0.2, 0) is 16.4 Å². The Kier molecular flexibility index (Phi) is 6.21. The zero-order valence-electron chi connectivity index (χ0n) is 14.1. The molecule has 0 aliphatic carbocycles. The Morgan fingerprint density at radius 3 is 2.92 bits per heavy atom. The summed E-state index contributed by atoms with van der Waals surface area (Å²) in [6, 6.07) is 3.46. The number of sulfone groups is 1. The third-order valence-corrected chi connectivity index (χ3v) is 7.65. The first-order valence-electron chi connectivity index (χ1n) is 8.08. The Balaban J connectivity index is 1.93. The molecule has 0 radical (unpaired) electrons. The molecule has 0 spiro atoms. The first-order chi connectivity index (χ1) is 12.4. The van der Waals surface area contributed by atoms with Gasteiger partial charge in [0.2, 0.25) is 0 Å². The Morgan fingerprint density at radius 2 is 2.31 bits per heavy atom. The second-order valence-electron chi connectivity index (χ2n) is 5.85. The molecule has 0 N–H and O–H groups in total. The normalized spacial score (nSPS) is 18.8. The molecule has 0 aromatic carbocycles. The highest BCUT2D eigenvalue weighted by Gasteiger charge is 2.36. The van der Waals surface area contributed by atoms with Crippen molar-refractivity contribution in [3.05, 3.63) is 39.3 Å². The monoisotopic (exact) mass is 431 g/mol. The minimum atomic E-state index is -3.12. The van der Waals surface area contributed by atoms with Crippen molar-refractivity contribution in [3.63, 3.8) is 0 Å². The fraction of sp³-hybridized carbons (Fsp3) is 0.438. The van der Waals surface area contributed by atoms with Gasteiger partial charge in [-0.3, -0.25) is 4.79 Å². The average molecular weight is 432 g/mol. The van der Waals surface area contributed by atoms with Crippen molar-refractivity contribution in [2.45, 2.75) is 31.1 Å². The van der Waals surface area contributed by atoms with E-state index in [1.54, 1.807) is 4.90 Å². The molecule has 1 fully saturated rings. The van der Waals surface area contributed by atoms with Crippen LogP contribution in [0.2, 0.25) is 5.02 Å². The number of hydrogen-bond donors (Lipinski definition) is 0. The molecular formula is C16H18ClN3O3S3. The van der Waals surface area contributed by atoms with Crippen molar-refractivity contribution >= 4 is 50.4 Å². The van der Waals surface area contributed by atoms with Gasteiger partial charge in [-0.05, 0) is 23.6 Å². The number of thioether (sulfide) groups is 1. The van der Waals surface area contributed by atoms with Gasteiger partial charge in [0.1, 0.15) is 0 Å². The molecule has 0 saturated carbocycles. The number of carbonyl (C=O) groups is 1. The fourth-order valence-electron chi connectivity index (χ4n) is 2.79. The molecule has 3 heterocycles. The van der Waals surface area contributed by atoms with E-state index in [1.807, 2.05) is 24.4 Å². The molecule has 3 rings (SSSR count). The molecular weight excluding hydrogens is 414 g/mol. The standard InChI is InChI=1S/C16H18ClN3O3S3/c1-2-24-16-18-8-13(17)14(19-16)15(21)20(9-12-4-3-6-25-12)11-5-7-26(22,23)10-11/h3-4,6,8,11H,2,5,7,9-10H2,1H3/t11-/m0/s1. The summed E-state index contributed by atoms with van der Waals surface area (Å²) in [5, 5.41) is 2.58. The maximum Gasteiger partial charge on any atom is 0.274 e. The lowest BCUT2D eigenvalue weighted by molar-refractivity contribution is 0.0676. The van der Waals surface area contributed by atoms with Crippen molar-refractivity contribution in [2.75, 3.05) is 17.3 Å². The largest absolute Gasteiger partial charge is 0.328 e. The summed E-state index contributed by atoms with van der Waals surface area (Å²) in [6.45, 7) is 2.31. The number of aromatic nitrogens is 2. The molecule has 6 nitrogen and oxygen atoms in total. The summed E-state index contributed by atoms with van der Waals surface area (Å²) in [6.07, 6.45) is 1.85. The molecule has 26 heavy (non-hydrogen) atoms.